The van der Waals surface area contributed by atoms with Crippen molar-refractivity contribution in [1.82, 2.24) is 0 Å². The van der Waals surface area contributed by atoms with Crippen LogP contribution in [0, 0.1) is 0 Å². The summed E-state index contributed by atoms with van der Waals surface area (Å²) < 4.78 is 16.6. The van der Waals surface area contributed by atoms with Crippen LogP contribution in [0.4, 0.5) is 0 Å². The smallest absolute Gasteiger partial charge is 0.306 e. The summed E-state index contributed by atoms with van der Waals surface area (Å²) >= 11 is 0. The summed E-state index contributed by atoms with van der Waals surface area (Å²) in [6, 6.07) is 0. The largest absolute Gasteiger partial charge is 0.462 e. The highest BCUT2D eigenvalue weighted by Crippen LogP contribution is 2.13. The predicted octanol–water partition coefficient (Wildman–Crippen LogP) is 15.3. The summed E-state index contributed by atoms with van der Waals surface area (Å²) in [5.41, 5.74) is 0. The van der Waals surface area contributed by atoms with Crippen LogP contribution in [0.3, 0.4) is 0 Å². The lowest BCUT2D eigenvalue weighted by Crippen LogP contribution is -2.30. The van der Waals surface area contributed by atoms with Gasteiger partial charge in [0.2, 0.25) is 0 Å². The molecule has 0 bridgehead atoms. The third-order valence-corrected chi connectivity index (χ3v) is 9.98. The monoisotopic (exact) mass is 797 g/mol. The summed E-state index contributed by atoms with van der Waals surface area (Å²) in [7, 11) is 0. The fourth-order valence-electron chi connectivity index (χ4n) is 6.38. The Labute approximate surface area is 351 Å². The molecule has 0 aliphatic heterocycles. The van der Waals surface area contributed by atoms with Gasteiger partial charge in [-0.25, -0.2) is 0 Å². The first-order valence-electron chi connectivity index (χ1n) is 23.8. The normalized spacial score (nSPS) is 12.5. The molecule has 0 rings (SSSR count). The van der Waals surface area contributed by atoms with E-state index in [4.69, 9.17) is 14.2 Å². The quantitative estimate of drug-likeness (QED) is 0.0265. The number of unbranched alkanes of at least 4 members (excludes halogenated alkanes) is 21. The minimum atomic E-state index is -0.805. The van der Waals surface area contributed by atoms with Gasteiger partial charge in [0.05, 0.1) is 0 Å². The third-order valence-electron chi connectivity index (χ3n) is 9.98. The van der Waals surface area contributed by atoms with Gasteiger partial charge < -0.3 is 14.2 Å². The second-order valence-corrected chi connectivity index (χ2v) is 15.6. The van der Waals surface area contributed by atoms with E-state index < -0.39 is 6.10 Å². The number of carbonyl (C=O) groups is 3. The topological polar surface area (TPSA) is 78.9 Å². The maximum atomic E-state index is 12.7. The lowest BCUT2D eigenvalue weighted by atomic mass is 10.1. The van der Waals surface area contributed by atoms with Crippen molar-refractivity contribution in [2.45, 2.75) is 232 Å². The van der Waals surface area contributed by atoms with E-state index >= 15 is 0 Å². The first-order valence-corrected chi connectivity index (χ1v) is 23.8. The molecule has 0 aromatic carbocycles. The van der Waals surface area contributed by atoms with Crippen LogP contribution in [-0.4, -0.2) is 37.2 Å². The first-order chi connectivity index (χ1) is 28.0. The van der Waals surface area contributed by atoms with Crippen molar-refractivity contribution in [2.75, 3.05) is 13.2 Å². The lowest BCUT2D eigenvalue weighted by Gasteiger charge is -2.18. The van der Waals surface area contributed by atoms with Crippen LogP contribution in [0.15, 0.2) is 60.8 Å². The van der Waals surface area contributed by atoms with E-state index in [2.05, 4.69) is 81.5 Å². The zero-order valence-corrected chi connectivity index (χ0v) is 37.3. The SMILES string of the molecule is CC/C=C\C/C=C\C/C=C\CCCC(=O)OC(COC(=O)CCCCCC/C=C\CCCC)COC(=O)CCCCCCC/C=C\CCCCCCCCCCC. The fraction of sp³-hybridized carbons (Fsp3) is 0.745. The van der Waals surface area contributed by atoms with Crippen molar-refractivity contribution in [3.63, 3.8) is 0 Å². The van der Waals surface area contributed by atoms with Crippen LogP contribution < -0.4 is 0 Å². The Bertz CT molecular complexity index is 1050. The van der Waals surface area contributed by atoms with Gasteiger partial charge in [-0.2, -0.15) is 0 Å². The molecule has 6 nitrogen and oxygen atoms in total. The average Bonchev–Trinajstić information content (AvgIpc) is 3.21. The Kier molecular flexibility index (Phi) is 43.5. The number of ether oxygens (including phenoxy) is 3. The van der Waals surface area contributed by atoms with Crippen LogP contribution in [0.25, 0.3) is 0 Å². The minimum Gasteiger partial charge on any atom is -0.462 e. The molecule has 0 saturated heterocycles. The van der Waals surface area contributed by atoms with Crippen molar-refractivity contribution in [2.24, 2.45) is 0 Å². The first kappa shape index (κ1) is 54.1. The van der Waals surface area contributed by atoms with Crippen LogP contribution in [-0.2, 0) is 28.6 Å². The lowest BCUT2D eigenvalue weighted by molar-refractivity contribution is -0.167. The van der Waals surface area contributed by atoms with Crippen LogP contribution in [0.2, 0.25) is 0 Å². The molecule has 0 aliphatic carbocycles. The molecule has 6 heteroatoms. The number of hydrogen-bond acceptors (Lipinski definition) is 6. The highest BCUT2D eigenvalue weighted by molar-refractivity contribution is 5.71. The molecule has 0 aromatic rings. The van der Waals surface area contributed by atoms with Crippen molar-refractivity contribution >= 4 is 17.9 Å². The van der Waals surface area contributed by atoms with Gasteiger partial charge in [-0.1, -0.05) is 178 Å². The molecular weight excluding hydrogens is 709 g/mol. The summed E-state index contributed by atoms with van der Waals surface area (Å²) in [5, 5.41) is 0. The standard InChI is InChI=1S/C51H88O6/c1-4-7-10-13-16-19-22-23-24-25-26-27-28-30-32-35-38-41-44-50(53)56-47-48(46-55-49(52)43-40-37-34-31-21-18-15-12-9-6-3)57-51(54)45-42-39-36-33-29-20-17-14-11-8-5-2/h8,11,15,17-18,20,26-27,33,36,48H,4-7,9-10,12-14,16,19,21-25,28-32,34-35,37-47H2,1-3H3/b11-8-,18-15-,20-17-,27-26-,36-33-. The van der Waals surface area contributed by atoms with Crippen LogP contribution >= 0.6 is 0 Å². The molecule has 0 spiro atoms. The average molecular weight is 797 g/mol. The van der Waals surface area contributed by atoms with Crippen LogP contribution in [0.5, 0.6) is 0 Å². The molecule has 0 amide bonds. The zero-order chi connectivity index (χ0) is 41.5. The highest BCUT2D eigenvalue weighted by Gasteiger charge is 2.19. The summed E-state index contributed by atoms with van der Waals surface area (Å²) in [6.07, 6.45) is 55.1. The second-order valence-electron chi connectivity index (χ2n) is 15.6. The van der Waals surface area contributed by atoms with E-state index in [1.165, 1.54) is 89.9 Å². The van der Waals surface area contributed by atoms with Crippen molar-refractivity contribution in [3.05, 3.63) is 60.8 Å². The fourth-order valence-corrected chi connectivity index (χ4v) is 6.38. The molecule has 0 aromatic heterocycles. The highest BCUT2D eigenvalue weighted by atomic mass is 16.6. The third kappa shape index (κ3) is 44.1. The summed E-state index contributed by atoms with van der Waals surface area (Å²) in [6.45, 7) is 6.40. The van der Waals surface area contributed by atoms with Crippen LogP contribution in [0.1, 0.15) is 226 Å². The molecule has 0 N–H and O–H groups in total. The molecule has 0 aliphatic rings. The summed E-state index contributed by atoms with van der Waals surface area (Å²) in [4.78, 5) is 37.7. The van der Waals surface area contributed by atoms with Crippen molar-refractivity contribution in [3.8, 4) is 0 Å². The molecular formula is C51H88O6. The van der Waals surface area contributed by atoms with Gasteiger partial charge in [-0.15, -0.1) is 0 Å². The molecule has 0 saturated carbocycles. The summed E-state index contributed by atoms with van der Waals surface area (Å²) in [5.74, 6) is -0.982. The molecule has 1 atom stereocenters. The van der Waals surface area contributed by atoms with E-state index in [0.29, 0.717) is 19.3 Å². The van der Waals surface area contributed by atoms with Gasteiger partial charge in [0.25, 0.3) is 0 Å². The molecule has 0 fully saturated rings. The van der Waals surface area contributed by atoms with E-state index in [1.807, 2.05) is 0 Å². The zero-order valence-electron chi connectivity index (χ0n) is 37.3. The van der Waals surface area contributed by atoms with E-state index in [0.717, 1.165) is 89.9 Å². The predicted molar refractivity (Wildman–Crippen MR) is 242 cm³/mol. The van der Waals surface area contributed by atoms with Gasteiger partial charge >= 0.3 is 17.9 Å². The van der Waals surface area contributed by atoms with Crippen molar-refractivity contribution < 1.29 is 28.6 Å². The van der Waals surface area contributed by atoms with Gasteiger partial charge in [0.15, 0.2) is 6.10 Å². The van der Waals surface area contributed by atoms with Gasteiger partial charge in [0.1, 0.15) is 13.2 Å². The Morgan fingerprint density at radius 1 is 0.368 bits per heavy atom. The number of rotatable bonds is 42. The number of allylic oxidation sites excluding steroid dienone is 10. The molecule has 0 heterocycles. The maximum Gasteiger partial charge on any atom is 0.306 e. The molecule has 1 unspecified atom stereocenters. The molecule has 57 heavy (non-hydrogen) atoms. The Balaban J connectivity index is 4.37. The van der Waals surface area contributed by atoms with E-state index in [1.54, 1.807) is 0 Å². The van der Waals surface area contributed by atoms with E-state index in [-0.39, 0.29) is 37.5 Å². The Morgan fingerprint density at radius 2 is 0.719 bits per heavy atom. The molecule has 328 valence electrons. The molecule has 0 radical (unpaired) electrons. The maximum absolute atomic E-state index is 12.7. The van der Waals surface area contributed by atoms with Gasteiger partial charge in [-0.05, 0) is 89.9 Å². The Hall–Kier alpha value is -2.89. The number of esters is 3. The van der Waals surface area contributed by atoms with Gasteiger partial charge in [0, 0.05) is 19.3 Å². The minimum absolute atomic E-state index is 0.102. The second kappa shape index (κ2) is 45.8. The van der Waals surface area contributed by atoms with Gasteiger partial charge in [-0.3, -0.25) is 14.4 Å². The van der Waals surface area contributed by atoms with Crippen molar-refractivity contribution in [1.29, 1.82) is 0 Å². The van der Waals surface area contributed by atoms with E-state index in [9.17, 15) is 14.4 Å². The number of hydrogen-bond donors (Lipinski definition) is 0. The Morgan fingerprint density at radius 3 is 1.19 bits per heavy atom. The number of carbonyl (C=O) groups excluding carboxylic acids is 3.